The molecule has 1 atom stereocenters. The van der Waals surface area contributed by atoms with E-state index in [1.165, 1.54) is 11.3 Å². The number of hydrogen-bond acceptors (Lipinski definition) is 10. The Labute approximate surface area is 212 Å². The first kappa shape index (κ1) is 23.5. The first-order valence-electron chi connectivity index (χ1n) is 11.6. The topological polar surface area (TPSA) is 122 Å². The molecule has 0 unspecified atom stereocenters. The van der Waals surface area contributed by atoms with Crippen LogP contribution >= 0.6 is 11.3 Å². The number of carbonyl (C=O) groups is 1. The van der Waals surface area contributed by atoms with Crippen molar-refractivity contribution in [2.75, 3.05) is 23.3 Å². The van der Waals surface area contributed by atoms with E-state index in [2.05, 4.69) is 52.5 Å². The molecule has 0 bridgehead atoms. The Balaban J connectivity index is 1.13. The highest BCUT2D eigenvalue weighted by Crippen LogP contribution is 2.32. The van der Waals surface area contributed by atoms with Gasteiger partial charge in [0.1, 0.15) is 0 Å². The van der Waals surface area contributed by atoms with Gasteiger partial charge in [-0.05, 0) is 42.8 Å². The minimum atomic E-state index is -0.175. The van der Waals surface area contributed by atoms with Gasteiger partial charge in [0.25, 0.3) is 0 Å². The molecule has 4 aromatic heterocycles. The molecular weight excluding hydrogens is 474 g/mol. The summed E-state index contributed by atoms with van der Waals surface area (Å²) >= 11 is 1.51. The van der Waals surface area contributed by atoms with Crippen molar-refractivity contribution in [3.63, 3.8) is 0 Å². The van der Waals surface area contributed by atoms with Crippen LogP contribution in [0.5, 0.6) is 0 Å². The van der Waals surface area contributed by atoms with Crippen molar-refractivity contribution in [3.05, 3.63) is 89.6 Å². The van der Waals surface area contributed by atoms with E-state index in [9.17, 15) is 4.79 Å². The molecular formula is C25H25N9OS. The Kier molecular flexibility index (Phi) is 7.17. The lowest BCUT2D eigenvalue weighted by atomic mass is 10.1. The van der Waals surface area contributed by atoms with Crippen molar-refractivity contribution in [1.29, 1.82) is 0 Å². The molecule has 0 aliphatic carbocycles. The zero-order valence-corrected chi connectivity index (χ0v) is 20.4. The summed E-state index contributed by atoms with van der Waals surface area (Å²) in [6, 6.07) is 15.0. The van der Waals surface area contributed by atoms with Gasteiger partial charge >= 0.3 is 0 Å². The van der Waals surface area contributed by atoms with Gasteiger partial charge in [0, 0.05) is 37.1 Å². The Morgan fingerprint density at radius 2 is 1.81 bits per heavy atom. The summed E-state index contributed by atoms with van der Waals surface area (Å²) in [6.45, 7) is 6.31. The van der Waals surface area contributed by atoms with Crippen LogP contribution in [0, 0.1) is 0 Å². The quantitative estimate of drug-likeness (QED) is 0.358. The molecule has 4 aromatic rings. The number of pyridine rings is 2. The molecule has 1 aliphatic heterocycles. The summed E-state index contributed by atoms with van der Waals surface area (Å²) in [5.41, 5.74) is 3.27. The summed E-state index contributed by atoms with van der Waals surface area (Å²) in [7, 11) is 0. The molecule has 1 fully saturated rings. The molecule has 0 aromatic carbocycles. The van der Waals surface area contributed by atoms with Crippen molar-refractivity contribution in [2.45, 2.75) is 25.3 Å². The van der Waals surface area contributed by atoms with E-state index in [0.29, 0.717) is 18.1 Å². The second-order valence-electron chi connectivity index (χ2n) is 8.36. The van der Waals surface area contributed by atoms with Crippen molar-refractivity contribution >= 4 is 33.9 Å². The monoisotopic (exact) mass is 499 g/mol. The number of nitrogens with one attached hydrogen (secondary N) is 2. The summed E-state index contributed by atoms with van der Waals surface area (Å²) in [4.78, 5) is 22.9. The predicted octanol–water partition coefficient (Wildman–Crippen LogP) is 3.05. The van der Waals surface area contributed by atoms with E-state index < -0.39 is 0 Å². The third kappa shape index (κ3) is 5.87. The molecule has 5 heterocycles. The fourth-order valence-corrected chi connectivity index (χ4v) is 4.72. The standard InChI is InChI=1S/C25H25N9OS/c1-17(28-15-20-7-3-5-12-27-20)24-32-33-25(36-24)34-13-10-18(16-34)21-8-9-22(31-30-21)29-23(35)14-19-6-2-4-11-26-19/h2-9,11-12,18,28H,1,10,13-16H2,(H,29,31,35)/t18-/m1/s1. The van der Waals surface area contributed by atoms with Gasteiger partial charge in [-0.25, -0.2) is 0 Å². The third-order valence-corrected chi connectivity index (χ3v) is 6.82. The average Bonchev–Trinajstić information content (AvgIpc) is 3.59. The smallest absolute Gasteiger partial charge is 0.231 e. The molecule has 1 saturated heterocycles. The Bertz CT molecular complexity index is 1310. The van der Waals surface area contributed by atoms with Gasteiger partial charge in [-0.15, -0.1) is 15.3 Å². The van der Waals surface area contributed by atoms with Crippen LogP contribution in [0.25, 0.3) is 5.70 Å². The van der Waals surface area contributed by atoms with Gasteiger partial charge in [-0.2, -0.15) is 5.10 Å². The van der Waals surface area contributed by atoms with Gasteiger partial charge in [0.15, 0.2) is 10.8 Å². The normalized spacial score (nSPS) is 15.0. The number of carbonyl (C=O) groups excluding carboxylic acids is 1. The van der Waals surface area contributed by atoms with E-state index in [4.69, 9.17) is 0 Å². The van der Waals surface area contributed by atoms with E-state index in [0.717, 1.165) is 46.7 Å². The van der Waals surface area contributed by atoms with Gasteiger partial charge < -0.3 is 15.5 Å². The van der Waals surface area contributed by atoms with Gasteiger partial charge in [-0.1, -0.05) is 30.0 Å². The first-order valence-corrected chi connectivity index (χ1v) is 12.4. The fraction of sp³-hybridized carbons (Fsp3) is 0.240. The maximum absolute atomic E-state index is 12.2. The van der Waals surface area contributed by atoms with E-state index in [-0.39, 0.29) is 18.2 Å². The average molecular weight is 500 g/mol. The summed E-state index contributed by atoms with van der Waals surface area (Å²) in [6.07, 6.45) is 4.57. The molecule has 0 spiro atoms. The van der Waals surface area contributed by atoms with Crippen LogP contribution in [-0.4, -0.2) is 49.4 Å². The summed E-state index contributed by atoms with van der Waals surface area (Å²) in [5, 5.41) is 24.9. The second-order valence-corrected chi connectivity index (χ2v) is 9.32. The molecule has 36 heavy (non-hydrogen) atoms. The van der Waals surface area contributed by atoms with Gasteiger partial charge in [0.2, 0.25) is 11.0 Å². The Hall–Kier alpha value is -4.25. The minimum Gasteiger partial charge on any atom is -0.377 e. The summed E-state index contributed by atoms with van der Waals surface area (Å²) in [5.74, 6) is 0.486. The van der Waals surface area contributed by atoms with Crippen LogP contribution in [0.2, 0.25) is 0 Å². The van der Waals surface area contributed by atoms with Crippen molar-refractivity contribution < 1.29 is 4.79 Å². The largest absolute Gasteiger partial charge is 0.377 e. The lowest BCUT2D eigenvalue weighted by Crippen LogP contribution is -2.19. The van der Waals surface area contributed by atoms with E-state index in [1.807, 2.05) is 42.5 Å². The molecule has 2 N–H and O–H groups in total. The van der Waals surface area contributed by atoms with Gasteiger partial charge in [0.05, 0.1) is 30.1 Å². The molecule has 11 heteroatoms. The molecule has 10 nitrogen and oxygen atoms in total. The molecule has 1 aliphatic rings. The molecule has 5 rings (SSSR count). The van der Waals surface area contributed by atoms with Crippen LogP contribution in [0.1, 0.15) is 34.4 Å². The number of nitrogens with zero attached hydrogens (tertiary/aromatic N) is 7. The first-order chi connectivity index (χ1) is 17.6. The second kappa shape index (κ2) is 11.0. The Morgan fingerprint density at radius 1 is 1.00 bits per heavy atom. The van der Waals surface area contributed by atoms with Crippen LogP contribution < -0.4 is 15.5 Å². The van der Waals surface area contributed by atoms with Crippen molar-refractivity contribution in [2.24, 2.45) is 0 Å². The molecule has 182 valence electrons. The zero-order valence-electron chi connectivity index (χ0n) is 19.5. The fourth-order valence-electron chi connectivity index (χ4n) is 3.90. The lowest BCUT2D eigenvalue weighted by molar-refractivity contribution is -0.115. The third-order valence-electron chi connectivity index (χ3n) is 5.78. The zero-order chi connectivity index (χ0) is 24.7. The van der Waals surface area contributed by atoms with Crippen LogP contribution in [0.15, 0.2) is 67.5 Å². The molecule has 1 amide bonds. The van der Waals surface area contributed by atoms with Gasteiger partial charge in [-0.3, -0.25) is 14.8 Å². The van der Waals surface area contributed by atoms with E-state index >= 15 is 0 Å². The number of aromatic nitrogens is 6. The number of amides is 1. The van der Waals surface area contributed by atoms with E-state index in [1.54, 1.807) is 18.5 Å². The highest BCUT2D eigenvalue weighted by Gasteiger charge is 2.28. The van der Waals surface area contributed by atoms with Crippen molar-refractivity contribution in [3.8, 4) is 0 Å². The highest BCUT2D eigenvalue weighted by atomic mass is 32.1. The number of rotatable bonds is 9. The number of hydrogen-bond donors (Lipinski definition) is 2. The lowest BCUT2D eigenvalue weighted by Gasteiger charge is -2.14. The number of anilines is 2. The van der Waals surface area contributed by atoms with Crippen LogP contribution in [0.3, 0.4) is 0 Å². The van der Waals surface area contributed by atoms with Crippen molar-refractivity contribution in [1.82, 2.24) is 35.7 Å². The molecule has 0 saturated carbocycles. The van der Waals surface area contributed by atoms with Crippen LogP contribution in [-0.2, 0) is 17.8 Å². The summed E-state index contributed by atoms with van der Waals surface area (Å²) < 4.78 is 0. The minimum absolute atomic E-state index is 0.175. The highest BCUT2D eigenvalue weighted by molar-refractivity contribution is 7.16. The predicted molar refractivity (Wildman–Crippen MR) is 138 cm³/mol. The molecule has 0 radical (unpaired) electrons. The SMILES string of the molecule is C=C(NCc1ccccn1)c1nnc(N2CC[C@@H](c3ccc(NC(=O)Cc4ccccn4)nn3)C2)s1. The maximum atomic E-state index is 12.2. The Morgan fingerprint density at radius 3 is 2.53 bits per heavy atom. The van der Waals surface area contributed by atoms with Crippen LogP contribution in [0.4, 0.5) is 10.9 Å². The maximum Gasteiger partial charge on any atom is 0.231 e.